The average Bonchev–Trinajstić information content (AvgIpc) is 2.42. The van der Waals surface area contributed by atoms with Crippen LogP contribution in [0.15, 0.2) is 47.9 Å². The summed E-state index contributed by atoms with van der Waals surface area (Å²) in [7, 11) is 0. The number of nitrogens with two attached hydrogens (primary N) is 2. The first kappa shape index (κ1) is 12.6. The van der Waals surface area contributed by atoms with Crippen LogP contribution in [0.5, 0.6) is 0 Å². The second kappa shape index (κ2) is 4.57. The smallest absolute Gasteiger partial charge is 0.149 e. The third-order valence-corrected chi connectivity index (χ3v) is 3.29. The van der Waals surface area contributed by atoms with Gasteiger partial charge in [-0.05, 0) is 23.8 Å². The van der Waals surface area contributed by atoms with E-state index in [0.29, 0.717) is 11.9 Å². The Bertz CT molecular complexity index is 725. The van der Waals surface area contributed by atoms with E-state index in [1.807, 2.05) is 12.1 Å². The Balaban J connectivity index is 1.99. The molecule has 1 atom stereocenters. The minimum absolute atomic E-state index is 0.270. The van der Waals surface area contributed by atoms with Crippen molar-refractivity contribution < 1.29 is 4.39 Å². The standard InChI is InChI=1S/C14H14FN5/c15-11-7-9(6-10-2-1-3-18-12(10)11)8-14(17)13(16)19-4-5-20-14/h1-7,20H,8,17H2,(H2,16,19). The Kier molecular flexibility index (Phi) is 2.87. The van der Waals surface area contributed by atoms with Crippen LogP contribution < -0.4 is 16.8 Å². The maximum absolute atomic E-state index is 14.0. The van der Waals surface area contributed by atoms with Gasteiger partial charge in [-0.15, -0.1) is 0 Å². The van der Waals surface area contributed by atoms with E-state index in [-0.39, 0.29) is 11.7 Å². The van der Waals surface area contributed by atoms with Crippen molar-refractivity contribution in [2.75, 3.05) is 0 Å². The summed E-state index contributed by atoms with van der Waals surface area (Å²) in [6.07, 6.45) is 5.04. The number of nitrogens with zero attached hydrogens (tertiary/aromatic N) is 2. The molecule has 1 aromatic heterocycles. The highest BCUT2D eigenvalue weighted by molar-refractivity contribution is 5.91. The SMILES string of the molecule is NC1=NC=CNC1(N)Cc1cc(F)c2ncccc2c1. The van der Waals surface area contributed by atoms with Gasteiger partial charge in [0.2, 0.25) is 0 Å². The molecular formula is C14H14FN5. The van der Waals surface area contributed by atoms with Crippen LogP contribution >= 0.6 is 0 Å². The lowest BCUT2D eigenvalue weighted by atomic mass is 9.97. The highest BCUT2D eigenvalue weighted by Crippen LogP contribution is 2.20. The summed E-state index contributed by atoms with van der Waals surface area (Å²) in [4.78, 5) is 8.00. The van der Waals surface area contributed by atoms with Crippen molar-refractivity contribution in [2.45, 2.75) is 12.1 Å². The maximum atomic E-state index is 14.0. The summed E-state index contributed by atoms with van der Waals surface area (Å²) in [5.74, 6) is -0.102. The van der Waals surface area contributed by atoms with Crippen molar-refractivity contribution in [3.8, 4) is 0 Å². The molecule has 0 saturated carbocycles. The zero-order valence-electron chi connectivity index (χ0n) is 10.7. The number of hydrogen-bond donors (Lipinski definition) is 3. The van der Waals surface area contributed by atoms with Gasteiger partial charge in [-0.2, -0.15) is 0 Å². The van der Waals surface area contributed by atoms with Crippen LogP contribution in [0.4, 0.5) is 4.39 Å². The van der Waals surface area contributed by atoms with Gasteiger partial charge in [-0.1, -0.05) is 6.07 Å². The number of pyridine rings is 1. The van der Waals surface area contributed by atoms with Crippen LogP contribution in [-0.2, 0) is 6.42 Å². The van der Waals surface area contributed by atoms with Crippen LogP contribution in [0.1, 0.15) is 5.56 Å². The van der Waals surface area contributed by atoms with Crippen LogP contribution in [0.3, 0.4) is 0 Å². The van der Waals surface area contributed by atoms with E-state index in [0.717, 1.165) is 10.9 Å². The third kappa shape index (κ3) is 2.10. The number of halogens is 1. The lowest BCUT2D eigenvalue weighted by Gasteiger charge is -2.31. The van der Waals surface area contributed by atoms with E-state index in [2.05, 4.69) is 15.3 Å². The third-order valence-electron chi connectivity index (χ3n) is 3.29. The van der Waals surface area contributed by atoms with Gasteiger partial charge in [0.05, 0.1) is 0 Å². The van der Waals surface area contributed by atoms with Crippen LogP contribution in [0.25, 0.3) is 10.9 Å². The molecule has 102 valence electrons. The van der Waals surface area contributed by atoms with Crippen molar-refractivity contribution in [3.63, 3.8) is 0 Å². The highest BCUT2D eigenvalue weighted by atomic mass is 19.1. The summed E-state index contributed by atoms with van der Waals surface area (Å²) in [5, 5.41) is 3.69. The van der Waals surface area contributed by atoms with Crippen molar-refractivity contribution in [1.82, 2.24) is 10.3 Å². The van der Waals surface area contributed by atoms with E-state index < -0.39 is 5.66 Å². The molecule has 5 N–H and O–H groups in total. The quantitative estimate of drug-likeness (QED) is 0.760. The second-order valence-electron chi connectivity index (χ2n) is 4.78. The Morgan fingerprint density at radius 1 is 1.35 bits per heavy atom. The van der Waals surface area contributed by atoms with Crippen LogP contribution in [0, 0.1) is 5.82 Å². The number of benzene rings is 1. The molecule has 5 nitrogen and oxygen atoms in total. The molecule has 6 heteroatoms. The monoisotopic (exact) mass is 271 g/mol. The first-order valence-corrected chi connectivity index (χ1v) is 6.17. The topological polar surface area (TPSA) is 89.3 Å². The van der Waals surface area contributed by atoms with Crippen molar-refractivity contribution in [2.24, 2.45) is 16.5 Å². The van der Waals surface area contributed by atoms with Gasteiger partial charge in [0.1, 0.15) is 22.8 Å². The van der Waals surface area contributed by atoms with Crippen molar-refractivity contribution in [1.29, 1.82) is 0 Å². The van der Waals surface area contributed by atoms with Crippen molar-refractivity contribution >= 4 is 16.7 Å². The number of nitrogens with one attached hydrogen (secondary N) is 1. The fourth-order valence-corrected chi connectivity index (χ4v) is 2.26. The summed E-state index contributed by atoms with van der Waals surface area (Å²) >= 11 is 0. The predicted octanol–water partition coefficient (Wildman–Crippen LogP) is 1.00. The van der Waals surface area contributed by atoms with Gasteiger partial charge in [0.25, 0.3) is 0 Å². The Labute approximate surface area is 115 Å². The molecule has 1 aliphatic rings. The van der Waals surface area contributed by atoms with Crippen LogP contribution in [0.2, 0.25) is 0 Å². The number of fused-ring (bicyclic) bond motifs is 1. The molecule has 0 radical (unpaired) electrons. The molecule has 0 saturated heterocycles. The Morgan fingerprint density at radius 3 is 3.00 bits per heavy atom. The molecule has 0 fully saturated rings. The summed E-state index contributed by atoms with van der Waals surface area (Å²) < 4.78 is 14.0. The van der Waals surface area contributed by atoms with E-state index in [9.17, 15) is 4.39 Å². The van der Waals surface area contributed by atoms with Gasteiger partial charge in [-0.25, -0.2) is 9.38 Å². The highest BCUT2D eigenvalue weighted by Gasteiger charge is 2.30. The van der Waals surface area contributed by atoms with Gasteiger partial charge in [0, 0.05) is 30.4 Å². The Hall–Kier alpha value is -2.47. The number of aromatic nitrogens is 1. The molecule has 20 heavy (non-hydrogen) atoms. The van der Waals surface area contributed by atoms with Gasteiger partial charge in [-0.3, -0.25) is 4.98 Å². The molecule has 1 aliphatic heterocycles. The minimum atomic E-state index is -1.00. The molecule has 1 unspecified atom stereocenters. The molecule has 0 aliphatic carbocycles. The maximum Gasteiger partial charge on any atom is 0.149 e. The summed E-state index contributed by atoms with van der Waals surface area (Å²) in [6, 6.07) is 6.86. The van der Waals surface area contributed by atoms with Gasteiger partial charge in [0.15, 0.2) is 0 Å². The molecule has 3 rings (SSSR count). The lowest BCUT2D eigenvalue weighted by molar-refractivity contribution is 0.493. The molecule has 0 bridgehead atoms. The largest absolute Gasteiger partial charge is 0.384 e. The van der Waals surface area contributed by atoms with E-state index in [1.165, 1.54) is 12.3 Å². The second-order valence-corrected chi connectivity index (χ2v) is 4.78. The first-order chi connectivity index (χ1) is 9.58. The fraction of sp³-hybridized carbons (Fsp3) is 0.143. The lowest BCUT2D eigenvalue weighted by Crippen LogP contribution is -2.63. The van der Waals surface area contributed by atoms with Crippen LogP contribution in [-0.4, -0.2) is 16.5 Å². The van der Waals surface area contributed by atoms with E-state index in [4.69, 9.17) is 11.5 Å². The zero-order valence-corrected chi connectivity index (χ0v) is 10.7. The molecule has 2 aromatic rings. The zero-order chi connectivity index (χ0) is 14.2. The molecule has 0 spiro atoms. The van der Waals surface area contributed by atoms with E-state index >= 15 is 0 Å². The average molecular weight is 271 g/mol. The normalized spacial score (nSPS) is 21.6. The Morgan fingerprint density at radius 2 is 2.20 bits per heavy atom. The minimum Gasteiger partial charge on any atom is -0.384 e. The summed E-state index contributed by atoms with van der Waals surface area (Å²) in [6.45, 7) is 0. The number of hydrogen-bond acceptors (Lipinski definition) is 5. The van der Waals surface area contributed by atoms with Crippen molar-refractivity contribution in [3.05, 3.63) is 54.2 Å². The number of rotatable bonds is 2. The summed E-state index contributed by atoms with van der Waals surface area (Å²) in [5.41, 5.74) is 12.1. The molecule has 1 aromatic carbocycles. The van der Waals surface area contributed by atoms with Gasteiger partial charge >= 0.3 is 0 Å². The number of amidine groups is 1. The molecule has 0 amide bonds. The predicted molar refractivity (Wildman–Crippen MR) is 76.2 cm³/mol. The number of aliphatic imine (C=N–C) groups is 1. The fourth-order valence-electron chi connectivity index (χ4n) is 2.26. The molecule has 2 heterocycles. The van der Waals surface area contributed by atoms with Gasteiger partial charge < -0.3 is 16.8 Å². The van der Waals surface area contributed by atoms with E-state index in [1.54, 1.807) is 18.5 Å². The first-order valence-electron chi connectivity index (χ1n) is 6.17. The molecular weight excluding hydrogens is 257 g/mol.